The first kappa shape index (κ1) is 42.9. The van der Waals surface area contributed by atoms with Crippen molar-refractivity contribution in [1.29, 1.82) is 0 Å². The zero-order valence-corrected chi connectivity index (χ0v) is 33.0. The summed E-state index contributed by atoms with van der Waals surface area (Å²) in [6.45, 7) is 14.9. The van der Waals surface area contributed by atoms with Crippen molar-refractivity contribution in [3.8, 4) is 11.5 Å². The van der Waals surface area contributed by atoms with Crippen LogP contribution in [0.5, 0.6) is 11.5 Å². The Hall–Kier alpha value is -1.26. The molecule has 0 amide bonds. The van der Waals surface area contributed by atoms with E-state index in [1.165, 1.54) is 83.5 Å². The van der Waals surface area contributed by atoms with E-state index in [1.54, 1.807) is 0 Å². The molecule has 0 aromatic heterocycles. The molecule has 274 valence electrons. The lowest BCUT2D eigenvalue weighted by atomic mass is 9.82. The zero-order chi connectivity index (χ0) is 34.7. The Morgan fingerprint density at radius 2 is 0.917 bits per heavy atom. The molecule has 3 atom stereocenters. The predicted octanol–water partition coefficient (Wildman–Crippen LogP) is 14.0. The van der Waals surface area contributed by atoms with Crippen LogP contribution in [-0.4, -0.2) is 25.9 Å². The zero-order valence-electron chi connectivity index (χ0n) is 31.2. The fourth-order valence-corrected chi connectivity index (χ4v) is 8.25. The van der Waals surface area contributed by atoms with Gasteiger partial charge in [-0.2, -0.15) is 0 Å². The molecule has 6 nitrogen and oxygen atoms in total. The highest BCUT2D eigenvalue weighted by atomic mass is 31.2. The van der Waals surface area contributed by atoms with Crippen LogP contribution in [0.3, 0.4) is 0 Å². The minimum Gasteiger partial charge on any atom is -0.427 e. The monoisotopic (exact) mass is 706 g/mol. The molecule has 0 aliphatic heterocycles. The average molecular weight is 707 g/mol. The highest BCUT2D eigenvalue weighted by Crippen LogP contribution is 2.49. The van der Waals surface area contributed by atoms with Gasteiger partial charge in [-0.15, -0.1) is 0 Å². The molecule has 0 bridgehead atoms. The van der Waals surface area contributed by atoms with E-state index >= 15 is 0 Å². The molecule has 0 saturated heterocycles. The van der Waals surface area contributed by atoms with E-state index in [1.807, 2.05) is 60.7 Å². The van der Waals surface area contributed by atoms with Gasteiger partial charge in [0.25, 0.3) is 0 Å². The second kappa shape index (κ2) is 27.5. The number of rotatable bonds is 31. The third-order valence-electron chi connectivity index (χ3n) is 8.35. The first-order chi connectivity index (χ1) is 23.4. The SMILES string of the molecule is CCCCCCCCCCOP(OCC(C)(C)C(OP(OCCCCCCCCCC)Oc1ccccc1)C(C)C)Oc1ccccc1. The minimum atomic E-state index is -1.60. The van der Waals surface area contributed by atoms with E-state index in [9.17, 15) is 0 Å². The minimum absolute atomic E-state index is 0.174. The highest BCUT2D eigenvalue weighted by Gasteiger charge is 2.38. The molecule has 2 aromatic carbocycles. The molecule has 0 radical (unpaired) electrons. The molecule has 2 aromatic rings. The van der Waals surface area contributed by atoms with Crippen molar-refractivity contribution in [2.75, 3.05) is 19.8 Å². The van der Waals surface area contributed by atoms with E-state index in [0.29, 0.717) is 19.8 Å². The Labute approximate surface area is 297 Å². The molecule has 8 heteroatoms. The highest BCUT2D eigenvalue weighted by molar-refractivity contribution is 7.42. The fourth-order valence-electron chi connectivity index (χ4n) is 5.61. The summed E-state index contributed by atoms with van der Waals surface area (Å²) in [6, 6.07) is 19.7. The lowest BCUT2D eigenvalue weighted by Gasteiger charge is -2.38. The molecule has 3 unspecified atom stereocenters. The van der Waals surface area contributed by atoms with Gasteiger partial charge in [0.15, 0.2) is 0 Å². The maximum absolute atomic E-state index is 6.73. The van der Waals surface area contributed by atoms with Gasteiger partial charge in [0, 0.05) is 5.41 Å². The summed E-state index contributed by atoms with van der Waals surface area (Å²) >= 11 is 0. The Morgan fingerprint density at radius 1 is 0.521 bits per heavy atom. The Balaban J connectivity index is 1.96. The third kappa shape index (κ3) is 20.4. The van der Waals surface area contributed by atoms with Crippen LogP contribution in [0.2, 0.25) is 0 Å². The van der Waals surface area contributed by atoms with Crippen LogP contribution in [0, 0.1) is 11.3 Å². The van der Waals surface area contributed by atoms with Crippen molar-refractivity contribution in [1.82, 2.24) is 0 Å². The predicted molar refractivity (Wildman–Crippen MR) is 205 cm³/mol. The maximum atomic E-state index is 6.73. The number of unbranched alkanes of at least 4 members (excludes halogenated alkanes) is 14. The number of hydrogen-bond donors (Lipinski definition) is 0. The van der Waals surface area contributed by atoms with E-state index < -0.39 is 17.2 Å². The van der Waals surface area contributed by atoms with Gasteiger partial charge in [-0.3, -0.25) is 4.52 Å². The summed E-state index contributed by atoms with van der Waals surface area (Å²) in [5.41, 5.74) is -0.362. The molecule has 2 rings (SSSR count). The maximum Gasteiger partial charge on any atom is 0.397 e. The molecule has 0 N–H and O–H groups in total. The van der Waals surface area contributed by atoms with Gasteiger partial charge in [-0.05, 0) is 43.0 Å². The molecule has 0 heterocycles. The summed E-state index contributed by atoms with van der Waals surface area (Å²) in [5.74, 6) is 1.72. The lowest BCUT2D eigenvalue weighted by molar-refractivity contribution is -0.00939. The molecule has 0 aliphatic rings. The lowest BCUT2D eigenvalue weighted by Crippen LogP contribution is -2.39. The number of hydrogen-bond acceptors (Lipinski definition) is 6. The normalized spacial score (nSPS) is 13.8. The van der Waals surface area contributed by atoms with E-state index in [-0.39, 0.29) is 17.4 Å². The van der Waals surface area contributed by atoms with Crippen LogP contribution in [0.1, 0.15) is 144 Å². The van der Waals surface area contributed by atoms with Gasteiger partial charge < -0.3 is 22.6 Å². The van der Waals surface area contributed by atoms with Crippen molar-refractivity contribution in [2.45, 2.75) is 150 Å². The standard InChI is InChI=1S/C40H68O6P2/c1-7-9-11-13-15-17-19-27-33-41-47(44-37-29-23-21-24-30-37)43-35-40(5,6)39(36(3)4)46-48(45-38-31-25-22-26-32-38)42-34-28-20-18-16-14-12-10-8-2/h21-26,29-32,36,39H,7-20,27-28,33-35H2,1-6H3. The van der Waals surface area contributed by atoms with Gasteiger partial charge in [0.1, 0.15) is 11.5 Å². The second-order valence-corrected chi connectivity index (χ2v) is 16.1. The van der Waals surface area contributed by atoms with Crippen molar-refractivity contribution < 1.29 is 27.1 Å². The van der Waals surface area contributed by atoms with Crippen molar-refractivity contribution >= 4 is 17.2 Å². The first-order valence-corrected chi connectivity index (χ1v) is 21.2. The van der Waals surface area contributed by atoms with Gasteiger partial charge in [-0.25, -0.2) is 0 Å². The van der Waals surface area contributed by atoms with Gasteiger partial charge in [0.2, 0.25) is 0 Å². The van der Waals surface area contributed by atoms with Crippen molar-refractivity contribution in [3.05, 3.63) is 60.7 Å². The van der Waals surface area contributed by atoms with E-state index in [2.05, 4.69) is 41.5 Å². The quantitative estimate of drug-likeness (QED) is 0.0575. The van der Waals surface area contributed by atoms with Crippen LogP contribution >= 0.6 is 17.2 Å². The van der Waals surface area contributed by atoms with Crippen LogP contribution in [0.15, 0.2) is 60.7 Å². The molecule has 0 aliphatic carbocycles. The number of benzene rings is 2. The fraction of sp³-hybridized carbons (Fsp3) is 0.700. The van der Waals surface area contributed by atoms with Crippen LogP contribution in [-0.2, 0) is 18.1 Å². The smallest absolute Gasteiger partial charge is 0.397 e. The van der Waals surface area contributed by atoms with Gasteiger partial charge in [0.05, 0.1) is 25.9 Å². The summed E-state index contributed by atoms with van der Waals surface area (Å²) in [5, 5.41) is 0. The number of para-hydroxylation sites is 2. The molecular weight excluding hydrogens is 638 g/mol. The Bertz CT molecular complexity index is 994. The Kier molecular flexibility index (Phi) is 24.5. The van der Waals surface area contributed by atoms with Gasteiger partial charge >= 0.3 is 17.2 Å². The molecule has 0 spiro atoms. The molecule has 0 fully saturated rings. The van der Waals surface area contributed by atoms with Crippen molar-refractivity contribution in [3.63, 3.8) is 0 Å². The first-order valence-electron chi connectivity index (χ1n) is 19.0. The molecule has 0 saturated carbocycles. The van der Waals surface area contributed by atoms with Gasteiger partial charge in [-0.1, -0.05) is 168 Å². The van der Waals surface area contributed by atoms with E-state index in [0.717, 1.165) is 30.8 Å². The summed E-state index contributed by atoms with van der Waals surface area (Å²) < 4.78 is 38.3. The van der Waals surface area contributed by atoms with E-state index in [4.69, 9.17) is 27.1 Å². The largest absolute Gasteiger partial charge is 0.427 e. The van der Waals surface area contributed by atoms with Crippen LogP contribution < -0.4 is 9.05 Å². The summed E-state index contributed by atoms with van der Waals surface area (Å²) in [6.07, 6.45) is 19.9. The summed E-state index contributed by atoms with van der Waals surface area (Å²) in [7, 11) is -3.18. The van der Waals surface area contributed by atoms with Crippen molar-refractivity contribution in [2.24, 2.45) is 11.3 Å². The van der Waals surface area contributed by atoms with Crippen LogP contribution in [0.25, 0.3) is 0 Å². The Morgan fingerprint density at radius 3 is 1.35 bits per heavy atom. The second-order valence-electron chi connectivity index (χ2n) is 13.9. The van der Waals surface area contributed by atoms with Crippen LogP contribution in [0.4, 0.5) is 0 Å². The molecular formula is C40H68O6P2. The molecule has 48 heavy (non-hydrogen) atoms. The topological polar surface area (TPSA) is 55.4 Å². The average Bonchev–Trinajstić information content (AvgIpc) is 3.08. The third-order valence-corrected chi connectivity index (χ3v) is 10.6. The summed E-state index contributed by atoms with van der Waals surface area (Å²) in [4.78, 5) is 0.